The molecule has 0 fully saturated rings. The molecule has 100 valence electrons. The van der Waals surface area contributed by atoms with Crippen molar-refractivity contribution in [2.45, 2.75) is 34.1 Å². The lowest BCUT2D eigenvalue weighted by molar-refractivity contribution is 0.0526. The quantitative estimate of drug-likeness (QED) is 0.728. The van der Waals surface area contributed by atoms with Crippen molar-refractivity contribution >= 4 is 11.8 Å². The first-order valence-electron chi connectivity index (χ1n) is 6.58. The molecular weight excluding hydrogens is 228 g/mol. The first kappa shape index (κ1) is 14.5. The monoisotopic (exact) mass is 250 g/mol. The number of carbonyl (C=O) groups excluding carboxylic acids is 1. The highest BCUT2D eigenvalue weighted by Gasteiger charge is 2.13. The van der Waals surface area contributed by atoms with Gasteiger partial charge in [0.15, 0.2) is 0 Å². The van der Waals surface area contributed by atoms with Crippen molar-refractivity contribution in [2.75, 3.05) is 24.6 Å². The number of aryl methyl sites for hydroxylation is 1. The van der Waals surface area contributed by atoms with Crippen molar-refractivity contribution in [1.82, 2.24) is 4.98 Å². The van der Waals surface area contributed by atoms with Gasteiger partial charge in [-0.2, -0.15) is 0 Å². The molecule has 0 N–H and O–H groups in total. The molecule has 0 aliphatic rings. The minimum atomic E-state index is -0.300. The summed E-state index contributed by atoms with van der Waals surface area (Å²) in [5.74, 6) is 0.668. The number of anilines is 1. The van der Waals surface area contributed by atoms with Crippen LogP contribution in [0, 0.1) is 0 Å². The van der Waals surface area contributed by atoms with Crippen LogP contribution in [-0.2, 0) is 11.2 Å². The van der Waals surface area contributed by atoms with E-state index in [0.717, 1.165) is 30.9 Å². The predicted molar refractivity (Wildman–Crippen MR) is 73.1 cm³/mol. The Morgan fingerprint density at radius 1 is 1.28 bits per heavy atom. The third-order valence-corrected chi connectivity index (χ3v) is 2.90. The van der Waals surface area contributed by atoms with Crippen LogP contribution in [-0.4, -0.2) is 30.6 Å². The highest BCUT2D eigenvalue weighted by atomic mass is 16.5. The van der Waals surface area contributed by atoms with Crippen LogP contribution in [0.1, 0.15) is 43.6 Å². The van der Waals surface area contributed by atoms with E-state index in [1.807, 2.05) is 6.07 Å². The molecule has 1 aromatic heterocycles. The highest BCUT2D eigenvalue weighted by Crippen LogP contribution is 2.19. The smallest absolute Gasteiger partial charge is 0.339 e. The molecule has 0 saturated carbocycles. The van der Waals surface area contributed by atoms with Crippen molar-refractivity contribution in [3.8, 4) is 0 Å². The standard InChI is InChI=1S/C14H22N2O2/c1-5-11-9-12(14(17)18-8-4)10-15-13(11)16(6-2)7-3/h9-10H,5-8H2,1-4H3. The molecule has 0 bridgehead atoms. The van der Waals surface area contributed by atoms with Crippen LogP contribution in [0.2, 0.25) is 0 Å². The SMILES string of the molecule is CCOC(=O)c1cnc(N(CC)CC)c(CC)c1. The topological polar surface area (TPSA) is 42.4 Å². The molecule has 0 saturated heterocycles. The Morgan fingerprint density at radius 3 is 2.44 bits per heavy atom. The van der Waals surface area contributed by atoms with Crippen molar-refractivity contribution in [3.05, 3.63) is 23.4 Å². The molecule has 0 aliphatic heterocycles. The van der Waals surface area contributed by atoms with E-state index in [4.69, 9.17) is 4.74 Å². The molecule has 0 spiro atoms. The van der Waals surface area contributed by atoms with Crippen LogP contribution in [0.15, 0.2) is 12.3 Å². The van der Waals surface area contributed by atoms with Gasteiger partial charge in [-0.25, -0.2) is 9.78 Å². The van der Waals surface area contributed by atoms with Crippen molar-refractivity contribution in [3.63, 3.8) is 0 Å². The number of esters is 1. The lowest BCUT2D eigenvalue weighted by Gasteiger charge is -2.22. The van der Waals surface area contributed by atoms with Gasteiger partial charge in [0, 0.05) is 19.3 Å². The van der Waals surface area contributed by atoms with Gasteiger partial charge in [-0.3, -0.25) is 0 Å². The average molecular weight is 250 g/mol. The first-order valence-corrected chi connectivity index (χ1v) is 6.58. The molecule has 1 aromatic rings. The summed E-state index contributed by atoms with van der Waals surface area (Å²) in [6, 6.07) is 1.89. The predicted octanol–water partition coefficient (Wildman–Crippen LogP) is 2.67. The van der Waals surface area contributed by atoms with Crippen LogP contribution in [0.25, 0.3) is 0 Å². The second kappa shape index (κ2) is 6.99. The van der Waals surface area contributed by atoms with Gasteiger partial charge in [0.05, 0.1) is 12.2 Å². The van der Waals surface area contributed by atoms with Crippen molar-refractivity contribution < 1.29 is 9.53 Å². The van der Waals surface area contributed by atoms with Crippen LogP contribution in [0.4, 0.5) is 5.82 Å². The van der Waals surface area contributed by atoms with Gasteiger partial charge >= 0.3 is 5.97 Å². The lowest BCUT2D eigenvalue weighted by atomic mass is 10.1. The molecule has 1 rings (SSSR count). The zero-order valence-corrected chi connectivity index (χ0v) is 11.7. The molecule has 0 atom stereocenters. The Kier molecular flexibility index (Phi) is 5.62. The normalized spacial score (nSPS) is 10.2. The Bertz CT molecular complexity index is 401. The Balaban J connectivity index is 3.06. The Morgan fingerprint density at radius 2 is 1.94 bits per heavy atom. The summed E-state index contributed by atoms with van der Waals surface area (Å²) >= 11 is 0. The van der Waals surface area contributed by atoms with Gasteiger partial charge in [-0.05, 0) is 38.8 Å². The summed E-state index contributed by atoms with van der Waals surface area (Å²) in [7, 11) is 0. The number of nitrogens with zero attached hydrogens (tertiary/aromatic N) is 2. The third kappa shape index (κ3) is 3.22. The number of ether oxygens (including phenoxy) is 1. The molecule has 0 amide bonds. The molecule has 4 nitrogen and oxygen atoms in total. The van der Waals surface area contributed by atoms with E-state index in [1.165, 1.54) is 0 Å². The van der Waals surface area contributed by atoms with E-state index in [0.29, 0.717) is 12.2 Å². The second-order valence-electron chi connectivity index (χ2n) is 3.95. The number of pyridine rings is 1. The third-order valence-electron chi connectivity index (χ3n) is 2.90. The summed E-state index contributed by atoms with van der Waals surface area (Å²) in [5.41, 5.74) is 1.62. The minimum Gasteiger partial charge on any atom is -0.462 e. The van der Waals surface area contributed by atoms with Crippen molar-refractivity contribution in [2.24, 2.45) is 0 Å². The molecule has 4 heteroatoms. The minimum absolute atomic E-state index is 0.300. The lowest BCUT2D eigenvalue weighted by Crippen LogP contribution is -2.24. The summed E-state index contributed by atoms with van der Waals surface area (Å²) in [6.45, 7) is 10.3. The van der Waals surface area contributed by atoms with Gasteiger partial charge < -0.3 is 9.64 Å². The van der Waals surface area contributed by atoms with Gasteiger partial charge in [0.2, 0.25) is 0 Å². The van der Waals surface area contributed by atoms with E-state index < -0.39 is 0 Å². The van der Waals surface area contributed by atoms with Gasteiger partial charge in [0.1, 0.15) is 5.82 Å². The molecule has 0 aromatic carbocycles. The fourth-order valence-corrected chi connectivity index (χ4v) is 1.90. The Hall–Kier alpha value is -1.58. The number of hydrogen-bond donors (Lipinski definition) is 0. The number of rotatable bonds is 6. The van der Waals surface area contributed by atoms with E-state index in [9.17, 15) is 4.79 Å². The molecular formula is C14H22N2O2. The highest BCUT2D eigenvalue weighted by molar-refractivity contribution is 5.89. The van der Waals surface area contributed by atoms with E-state index in [-0.39, 0.29) is 5.97 Å². The summed E-state index contributed by atoms with van der Waals surface area (Å²) in [6.07, 6.45) is 2.46. The van der Waals surface area contributed by atoms with Gasteiger partial charge in [0.25, 0.3) is 0 Å². The average Bonchev–Trinajstić information content (AvgIpc) is 2.40. The summed E-state index contributed by atoms with van der Waals surface area (Å²) in [5, 5.41) is 0. The zero-order chi connectivity index (χ0) is 13.5. The van der Waals surface area contributed by atoms with E-state index in [1.54, 1.807) is 13.1 Å². The molecule has 18 heavy (non-hydrogen) atoms. The van der Waals surface area contributed by atoms with Crippen LogP contribution in [0.5, 0.6) is 0 Å². The maximum Gasteiger partial charge on any atom is 0.339 e. The van der Waals surface area contributed by atoms with Crippen LogP contribution < -0.4 is 4.90 Å². The van der Waals surface area contributed by atoms with Gasteiger partial charge in [-0.1, -0.05) is 6.92 Å². The largest absolute Gasteiger partial charge is 0.462 e. The number of carbonyl (C=O) groups is 1. The molecule has 0 aliphatic carbocycles. The van der Waals surface area contributed by atoms with Crippen molar-refractivity contribution in [1.29, 1.82) is 0 Å². The fourth-order valence-electron chi connectivity index (χ4n) is 1.90. The second-order valence-corrected chi connectivity index (χ2v) is 3.95. The maximum atomic E-state index is 11.7. The Labute approximate surface area is 109 Å². The molecule has 0 unspecified atom stereocenters. The molecule has 1 heterocycles. The summed E-state index contributed by atoms with van der Waals surface area (Å²) < 4.78 is 4.99. The zero-order valence-electron chi connectivity index (χ0n) is 11.7. The number of hydrogen-bond acceptors (Lipinski definition) is 4. The van der Waals surface area contributed by atoms with E-state index in [2.05, 4.69) is 30.7 Å². The summed E-state index contributed by atoms with van der Waals surface area (Å²) in [4.78, 5) is 18.3. The maximum absolute atomic E-state index is 11.7. The fraction of sp³-hybridized carbons (Fsp3) is 0.571. The number of aromatic nitrogens is 1. The van der Waals surface area contributed by atoms with Crippen LogP contribution in [0.3, 0.4) is 0 Å². The molecule has 0 radical (unpaired) electrons. The van der Waals surface area contributed by atoms with Crippen LogP contribution >= 0.6 is 0 Å². The van der Waals surface area contributed by atoms with E-state index >= 15 is 0 Å². The first-order chi connectivity index (χ1) is 8.67. The van der Waals surface area contributed by atoms with Gasteiger partial charge in [-0.15, -0.1) is 0 Å².